The van der Waals surface area contributed by atoms with E-state index >= 15 is 0 Å². The molecule has 0 aliphatic heterocycles. The zero-order valence-electron chi connectivity index (χ0n) is 8.89. The van der Waals surface area contributed by atoms with E-state index in [0.717, 1.165) is 18.4 Å². The number of hydrogen-bond acceptors (Lipinski definition) is 2. The predicted octanol–water partition coefficient (Wildman–Crippen LogP) is 2.62. The summed E-state index contributed by atoms with van der Waals surface area (Å²) in [6.07, 6.45) is 1.36. The molecule has 0 aromatic rings. The highest BCUT2D eigenvalue weighted by Crippen LogP contribution is 2.12. The molecule has 1 nitrogen and oxygen atoms in total. The molecule has 0 amide bonds. The minimum absolute atomic E-state index is 0.812. The van der Waals surface area contributed by atoms with Crippen LogP contribution in [-0.4, -0.2) is 25.1 Å². The summed E-state index contributed by atoms with van der Waals surface area (Å²) in [5.74, 6) is 4.29. The molecule has 0 aromatic carbocycles. The molecule has 0 rings (SSSR count). The van der Waals surface area contributed by atoms with Gasteiger partial charge >= 0.3 is 0 Å². The van der Waals surface area contributed by atoms with Crippen molar-refractivity contribution >= 4 is 11.8 Å². The van der Waals surface area contributed by atoms with E-state index in [1.807, 2.05) is 7.05 Å². The van der Waals surface area contributed by atoms with Crippen LogP contribution in [0.5, 0.6) is 0 Å². The van der Waals surface area contributed by atoms with Crippen molar-refractivity contribution in [3.8, 4) is 0 Å². The summed E-state index contributed by atoms with van der Waals surface area (Å²) < 4.78 is 0. The Hall–Kier alpha value is 0.310. The van der Waals surface area contributed by atoms with E-state index in [9.17, 15) is 0 Å². The second-order valence-electron chi connectivity index (χ2n) is 3.92. The Labute approximate surface area is 81.7 Å². The fraction of sp³-hybridized carbons (Fsp3) is 1.00. The zero-order chi connectivity index (χ0) is 9.40. The topological polar surface area (TPSA) is 12.0 Å². The number of nitrogens with one attached hydrogen (secondary N) is 1. The minimum Gasteiger partial charge on any atom is -0.319 e. The molecule has 0 aliphatic carbocycles. The van der Waals surface area contributed by atoms with Crippen LogP contribution in [0.4, 0.5) is 0 Å². The highest BCUT2D eigenvalue weighted by atomic mass is 32.2. The van der Waals surface area contributed by atoms with Gasteiger partial charge in [-0.25, -0.2) is 0 Å². The summed E-state index contributed by atoms with van der Waals surface area (Å²) in [5.41, 5.74) is 0. The van der Waals surface area contributed by atoms with E-state index in [1.165, 1.54) is 17.9 Å². The molecule has 0 aromatic heterocycles. The van der Waals surface area contributed by atoms with E-state index in [4.69, 9.17) is 0 Å². The molecule has 1 atom stereocenters. The number of thioether (sulfide) groups is 1. The van der Waals surface area contributed by atoms with Crippen molar-refractivity contribution < 1.29 is 0 Å². The number of rotatable bonds is 7. The Morgan fingerprint density at radius 1 is 1.25 bits per heavy atom. The smallest absolute Gasteiger partial charge is 0.00183 e. The normalized spacial score (nSPS) is 13.8. The average Bonchev–Trinajstić information content (AvgIpc) is 1.98. The zero-order valence-corrected chi connectivity index (χ0v) is 9.71. The van der Waals surface area contributed by atoms with Gasteiger partial charge in [-0.05, 0) is 43.4 Å². The molecule has 0 spiro atoms. The van der Waals surface area contributed by atoms with Crippen molar-refractivity contribution in [2.24, 2.45) is 11.8 Å². The van der Waals surface area contributed by atoms with Gasteiger partial charge in [-0.2, -0.15) is 11.8 Å². The first-order chi connectivity index (χ1) is 5.66. The monoisotopic (exact) mass is 189 g/mol. The van der Waals surface area contributed by atoms with Crippen LogP contribution in [-0.2, 0) is 0 Å². The predicted molar refractivity (Wildman–Crippen MR) is 59.9 cm³/mol. The van der Waals surface area contributed by atoms with Crippen molar-refractivity contribution in [2.75, 3.05) is 25.1 Å². The van der Waals surface area contributed by atoms with Gasteiger partial charge in [-0.1, -0.05) is 20.8 Å². The maximum absolute atomic E-state index is 3.20. The van der Waals surface area contributed by atoms with Gasteiger partial charge in [-0.3, -0.25) is 0 Å². The van der Waals surface area contributed by atoms with Gasteiger partial charge in [0.15, 0.2) is 0 Å². The van der Waals surface area contributed by atoms with Crippen LogP contribution >= 0.6 is 11.8 Å². The molecule has 0 heterocycles. The molecule has 0 saturated heterocycles. The van der Waals surface area contributed by atoms with Crippen molar-refractivity contribution in [3.05, 3.63) is 0 Å². The van der Waals surface area contributed by atoms with Crippen molar-refractivity contribution in [2.45, 2.75) is 27.2 Å². The van der Waals surface area contributed by atoms with Gasteiger partial charge in [0.25, 0.3) is 0 Å². The first kappa shape index (κ1) is 12.3. The van der Waals surface area contributed by atoms with E-state index in [1.54, 1.807) is 0 Å². The lowest BCUT2D eigenvalue weighted by atomic mass is 10.2. The standard InChI is InChI=1S/C10H23NS/c1-9(2)5-6-12-8-10(3)7-11-4/h9-11H,5-8H2,1-4H3. The third-order valence-corrected chi connectivity index (χ3v) is 3.12. The SMILES string of the molecule is CNCC(C)CSCCC(C)C. The largest absolute Gasteiger partial charge is 0.319 e. The van der Waals surface area contributed by atoms with Crippen molar-refractivity contribution in [1.29, 1.82) is 0 Å². The Morgan fingerprint density at radius 3 is 2.42 bits per heavy atom. The Balaban J connectivity index is 3.08. The number of hydrogen-bond donors (Lipinski definition) is 1. The lowest BCUT2D eigenvalue weighted by Gasteiger charge is -2.10. The van der Waals surface area contributed by atoms with E-state index in [2.05, 4.69) is 37.8 Å². The summed E-state index contributed by atoms with van der Waals surface area (Å²) in [4.78, 5) is 0. The molecule has 0 radical (unpaired) electrons. The minimum atomic E-state index is 0.812. The highest BCUT2D eigenvalue weighted by Gasteiger charge is 2.00. The van der Waals surface area contributed by atoms with Crippen molar-refractivity contribution in [1.82, 2.24) is 5.32 Å². The quantitative estimate of drug-likeness (QED) is 0.618. The van der Waals surface area contributed by atoms with Gasteiger partial charge in [0.05, 0.1) is 0 Å². The van der Waals surface area contributed by atoms with Crippen LogP contribution in [0.3, 0.4) is 0 Å². The summed E-state index contributed by atoms with van der Waals surface area (Å²) >= 11 is 2.09. The molecular weight excluding hydrogens is 166 g/mol. The molecule has 74 valence electrons. The van der Waals surface area contributed by atoms with E-state index in [-0.39, 0.29) is 0 Å². The summed E-state index contributed by atoms with van der Waals surface area (Å²) in [6, 6.07) is 0. The van der Waals surface area contributed by atoms with Crippen LogP contribution in [0.15, 0.2) is 0 Å². The van der Waals surface area contributed by atoms with Crippen molar-refractivity contribution in [3.63, 3.8) is 0 Å². The van der Waals surface area contributed by atoms with Gasteiger partial charge in [0.2, 0.25) is 0 Å². The molecule has 0 saturated carbocycles. The lowest BCUT2D eigenvalue weighted by molar-refractivity contribution is 0.600. The first-order valence-corrected chi connectivity index (χ1v) is 6.04. The molecule has 1 unspecified atom stereocenters. The van der Waals surface area contributed by atoms with Crippen LogP contribution in [0.1, 0.15) is 27.2 Å². The van der Waals surface area contributed by atoms with Crippen LogP contribution in [0, 0.1) is 11.8 Å². The summed E-state index contributed by atoms with van der Waals surface area (Å²) in [6.45, 7) is 8.03. The third kappa shape index (κ3) is 8.41. The molecule has 12 heavy (non-hydrogen) atoms. The molecular formula is C10H23NS. The van der Waals surface area contributed by atoms with Gasteiger partial charge in [0, 0.05) is 0 Å². The second kappa shape index (κ2) is 7.93. The van der Waals surface area contributed by atoms with Gasteiger partial charge in [-0.15, -0.1) is 0 Å². The van der Waals surface area contributed by atoms with E-state index < -0.39 is 0 Å². The van der Waals surface area contributed by atoms with Crippen LogP contribution in [0.25, 0.3) is 0 Å². The Kier molecular flexibility index (Phi) is 8.14. The maximum atomic E-state index is 3.20. The molecule has 0 bridgehead atoms. The fourth-order valence-corrected chi connectivity index (χ4v) is 2.34. The average molecular weight is 189 g/mol. The first-order valence-electron chi connectivity index (χ1n) is 4.89. The molecule has 2 heteroatoms. The fourth-order valence-electron chi connectivity index (χ4n) is 1.01. The second-order valence-corrected chi connectivity index (χ2v) is 5.07. The maximum Gasteiger partial charge on any atom is -0.00183 e. The Bertz CT molecular complexity index is 93.8. The summed E-state index contributed by atoms with van der Waals surface area (Å²) in [5, 5.41) is 3.20. The third-order valence-electron chi connectivity index (χ3n) is 1.79. The summed E-state index contributed by atoms with van der Waals surface area (Å²) in [7, 11) is 2.02. The highest BCUT2D eigenvalue weighted by molar-refractivity contribution is 7.99. The lowest BCUT2D eigenvalue weighted by Crippen LogP contribution is -2.18. The van der Waals surface area contributed by atoms with E-state index in [0.29, 0.717) is 0 Å². The van der Waals surface area contributed by atoms with Gasteiger partial charge in [0.1, 0.15) is 0 Å². The molecule has 0 fully saturated rings. The molecule has 1 N–H and O–H groups in total. The van der Waals surface area contributed by atoms with Crippen LogP contribution in [0.2, 0.25) is 0 Å². The van der Waals surface area contributed by atoms with Gasteiger partial charge < -0.3 is 5.32 Å². The molecule has 0 aliphatic rings. The van der Waals surface area contributed by atoms with Crippen LogP contribution < -0.4 is 5.32 Å². The Morgan fingerprint density at radius 2 is 1.92 bits per heavy atom.